The molecule has 0 aliphatic carbocycles. The van der Waals surface area contributed by atoms with E-state index in [9.17, 15) is 9.59 Å². The van der Waals surface area contributed by atoms with Crippen LogP contribution in [0.3, 0.4) is 0 Å². The van der Waals surface area contributed by atoms with Crippen LogP contribution >= 0.6 is 0 Å². The van der Waals surface area contributed by atoms with Crippen molar-refractivity contribution in [2.75, 3.05) is 6.61 Å². The van der Waals surface area contributed by atoms with E-state index < -0.39 is 0 Å². The van der Waals surface area contributed by atoms with Crippen LogP contribution in [0, 0.1) is 0 Å². The Morgan fingerprint density at radius 2 is 1.67 bits per heavy atom. The summed E-state index contributed by atoms with van der Waals surface area (Å²) in [4.78, 5) is 22.4. The van der Waals surface area contributed by atoms with Crippen molar-refractivity contribution in [1.29, 1.82) is 0 Å². The lowest BCUT2D eigenvalue weighted by Gasteiger charge is -2.03. The molecule has 0 bridgehead atoms. The molecule has 0 saturated heterocycles. The molecule has 0 aromatic carbocycles. The van der Waals surface area contributed by atoms with Crippen molar-refractivity contribution in [3.05, 3.63) is 0 Å². The summed E-state index contributed by atoms with van der Waals surface area (Å²) in [6.07, 6.45) is 5.36. The highest BCUT2D eigenvalue weighted by atomic mass is 16.5. The van der Waals surface area contributed by atoms with Crippen LogP contribution in [0.4, 0.5) is 0 Å². The average Bonchev–Trinajstić information content (AvgIpc) is 2.18. The third-order valence-electron chi connectivity index (χ3n) is 2.16. The Hall–Kier alpha value is -0.860. The van der Waals surface area contributed by atoms with Gasteiger partial charge >= 0.3 is 5.97 Å². The standard InChI is InChI=1S/C12H22O3/c1-3-5-7-8-11(13)10-12(14)15-9-6-4-2/h3-10H2,1-2H3. The lowest BCUT2D eigenvalue weighted by molar-refractivity contribution is -0.146. The van der Waals surface area contributed by atoms with Gasteiger partial charge in [0.1, 0.15) is 12.2 Å². The Morgan fingerprint density at radius 1 is 1.00 bits per heavy atom. The number of rotatable bonds is 9. The number of Topliss-reactive ketones (excluding diaryl/α,β-unsaturated/α-hetero) is 1. The summed E-state index contributed by atoms with van der Waals surface area (Å²) in [5, 5.41) is 0. The molecule has 15 heavy (non-hydrogen) atoms. The molecule has 0 unspecified atom stereocenters. The second-order valence-electron chi connectivity index (χ2n) is 3.75. The highest BCUT2D eigenvalue weighted by molar-refractivity contribution is 5.95. The minimum atomic E-state index is -0.370. The van der Waals surface area contributed by atoms with Gasteiger partial charge < -0.3 is 4.74 Å². The summed E-state index contributed by atoms with van der Waals surface area (Å²) in [5.41, 5.74) is 0. The molecule has 0 N–H and O–H groups in total. The van der Waals surface area contributed by atoms with Gasteiger partial charge in [-0.2, -0.15) is 0 Å². The molecule has 0 saturated carbocycles. The molecule has 88 valence electrons. The molecule has 0 atom stereocenters. The third-order valence-corrected chi connectivity index (χ3v) is 2.16. The zero-order valence-corrected chi connectivity index (χ0v) is 9.88. The quantitative estimate of drug-likeness (QED) is 0.337. The van der Waals surface area contributed by atoms with Gasteiger partial charge in [0.05, 0.1) is 6.61 Å². The number of hydrogen-bond donors (Lipinski definition) is 0. The normalized spacial score (nSPS) is 10.0. The first kappa shape index (κ1) is 14.1. The van der Waals surface area contributed by atoms with E-state index in [1.165, 1.54) is 0 Å². The monoisotopic (exact) mass is 214 g/mol. The predicted molar refractivity (Wildman–Crippen MR) is 59.6 cm³/mol. The van der Waals surface area contributed by atoms with Crippen molar-refractivity contribution in [3.63, 3.8) is 0 Å². The summed E-state index contributed by atoms with van der Waals surface area (Å²) in [7, 11) is 0. The maximum absolute atomic E-state index is 11.3. The van der Waals surface area contributed by atoms with Gasteiger partial charge in [0, 0.05) is 6.42 Å². The van der Waals surface area contributed by atoms with Crippen LogP contribution in [0.1, 0.15) is 58.8 Å². The van der Waals surface area contributed by atoms with Crippen molar-refractivity contribution in [2.24, 2.45) is 0 Å². The maximum atomic E-state index is 11.3. The Labute approximate surface area is 92.2 Å². The first-order valence-corrected chi connectivity index (χ1v) is 5.88. The molecule has 0 aliphatic rings. The molecule has 0 fully saturated rings. The Bertz CT molecular complexity index is 167. The fourth-order valence-electron chi connectivity index (χ4n) is 1.20. The number of carbonyl (C=O) groups excluding carboxylic acids is 2. The van der Waals surface area contributed by atoms with Crippen molar-refractivity contribution in [1.82, 2.24) is 0 Å². The van der Waals surface area contributed by atoms with E-state index in [0.717, 1.165) is 32.1 Å². The van der Waals surface area contributed by atoms with E-state index in [-0.39, 0.29) is 18.2 Å². The first-order chi connectivity index (χ1) is 7.20. The van der Waals surface area contributed by atoms with Crippen molar-refractivity contribution in [3.8, 4) is 0 Å². The molecular weight excluding hydrogens is 192 g/mol. The largest absolute Gasteiger partial charge is 0.465 e. The van der Waals surface area contributed by atoms with Crippen molar-refractivity contribution in [2.45, 2.75) is 58.8 Å². The molecular formula is C12H22O3. The van der Waals surface area contributed by atoms with E-state index >= 15 is 0 Å². The molecule has 0 aromatic heterocycles. The SMILES string of the molecule is CCCCCC(=O)CC(=O)OCCCC. The number of ether oxygens (including phenoxy) is 1. The average molecular weight is 214 g/mol. The smallest absolute Gasteiger partial charge is 0.313 e. The highest BCUT2D eigenvalue weighted by Crippen LogP contribution is 2.03. The summed E-state index contributed by atoms with van der Waals surface area (Å²) in [6.45, 7) is 4.56. The molecule has 0 aromatic rings. The van der Waals surface area contributed by atoms with Gasteiger partial charge in [-0.1, -0.05) is 33.1 Å². The lowest BCUT2D eigenvalue weighted by Crippen LogP contribution is -2.11. The number of esters is 1. The van der Waals surface area contributed by atoms with Gasteiger partial charge in [0.25, 0.3) is 0 Å². The zero-order valence-electron chi connectivity index (χ0n) is 9.88. The van der Waals surface area contributed by atoms with Gasteiger partial charge in [0.2, 0.25) is 0 Å². The van der Waals surface area contributed by atoms with Crippen LogP contribution in [0.2, 0.25) is 0 Å². The van der Waals surface area contributed by atoms with Crippen LogP contribution in [-0.4, -0.2) is 18.4 Å². The van der Waals surface area contributed by atoms with Crippen molar-refractivity contribution < 1.29 is 14.3 Å². The van der Waals surface area contributed by atoms with Crippen molar-refractivity contribution >= 4 is 11.8 Å². The fourth-order valence-corrected chi connectivity index (χ4v) is 1.20. The zero-order chi connectivity index (χ0) is 11.5. The van der Waals surface area contributed by atoms with Gasteiger partial charge in [-0.05, 0) is 12.8 Å². The van der Waals surface area contributed by atoms with Crippen LogP contribution < -0.4 is 0 Å². The van der Waals surface area contributed by atoms with E-state index in [0.29, 0.717) is 13.0 Å². The summed E-state index contributed by atoms with van der Waals surface area (Å²) in [6, 6.07) is 0. The molecule has 0 aliphatic heterocycles. The molecule has 0 amide bonds. The summed E-state index contributed by atoms with van der Waals surface area (Å²) >= 11 is 0. The molecule has 0 radical (unpaired) electrons. The van der Waals surface area contributed by atoms with Gasteiger partial charge in [0.15, 0.2) is 0 Å². The fraction of sp³-hybridized carbons (Fsp3) is 0.833. The van der Waals surface area contributed by atoms with Crippen LogP contribution in [-0.2, 0) is 14.3 Å². The summed E-state index contributed by atoms with van der Waals surface area (Å²) in [5.74, 6) is -0.366. The molecule has 3 nitrogen and oxygen atoms in total. The number of unbranched alkanes of at least 4 members (excludes halogenated alkanes) is 3. The summed E-state index contributed by atoms with van der Waals surface area (Å²) < 4.78 is 4.90. The van der Waals surface area contributed by atoms with Gasteiger partial charge in [-0.25, -0.2) is 0 Å². The van der Waals surface area contributed by atoms with E-state index in [1.54, 1.807) is 0 Å². The molecule has 0 heterocycles. The van der Waals surface area contributed by atoms with Crippen LogP contribution in [0.15, 0.2) is 0 Å². The second kappa shape index (κ2) is 9.69. The van der Waals surface area contributed by atoms with E-state index in [4.69, 9.17) is 4.74 Å². The lowest BCUT2D eigenvalue weighted by atomic mass is 10.1. The highest BCUT2D eigenvalue weighted by Gasteiger charge is 2.09. The topological polar surface area (TPSA) is 43.4 Å². The maximum Gasteiger partial charge on any atom is 0.313 e. The van der Waals surface area contributed by atoms with E-state index in [2.05, 4.69) is 6.92 Å². The Balaban J connectivity index is 3.45. The Kier molecular flexibility index (Phi) is 9.13. The molecule has 0 spiro atoms. The minimum absolute atomic E-state index is 0.00458. The second-order valence-corrected chi connectivity index (χ2v) is 3.75. The van der Waals surface area contributed by atoms with Crippen LogP contribution in [0.25, 0.3) is 0 Å². The first-order valence-electron chi connectivity index (χ1n) is 5.88. The minimum Gasteiger partial charge on any atom is -0.465 e. The Morgan fingerprint density at radius 3 is 2.27 bits per heavy atom. The number of carbonyl (C=O) groups is 2. The molecule has 0 rings (SSSR count). The number of hydrogen-bond acceptors (Lipinski definition) is 3. The third kappa shape index (κ3) is 9.44. The number of ketones is 1. The molecule has 3 heteroatoms. The predicted octanol–water partition coefficient (Wildman–Crippen LogP) is 2.87. The van der Waals surface area contributed by atoms with Gasteiger partial charge in [-0.15, -0.1) is 0 Å². The van der Waals surface area contributed by atoms with Crippen LogP contribution in [0.5, 0.6) is 0 Å². The van der Waals surface area contributed by atoms with E-state index in [1.807, 2.05) is 6.92 Å². The van der Waals surface area contributed by atoms with Gasteiger partial charge in [-0.3, -0.25) is 9.59 Å².